The molecule has 4 nitrogen and oxygen atoms in total. The molecule has 2 aromatic rings. The lowest BCUT2D eigenvalue weighted by Gasteiger charge is -2.20. The molecule has 25 heavy (non-hydrogen) atoms. The molecule has 0 amide bonds. The van der Waals surface area contributed by atoms with E-state index in [4.69, 9.17) is 27.9 Å². The molecule has 2 rings (SSSR count). The largest absolute Gasteiger partial charge is 0.496 e. The number of hydrogen-bond donors (Lipinski definition) is 0. The Labute approximate surface area is 156 Å². The number of rotatable bonds is 6. The number of nitriles is 2. The predicted octanol–water partition coefficient (Wildman–Crippen LogP) is 5.02. The summed E-state index contributed by atoms with van der Waals surface area (Å²) < 4.78 is 5.21. The van der Waals surface area contributed by atoms with E-state index >= 15 is 0 Å². The Morgan fingerprint density at radius 2 is 1.68 bits per heavy atom. The van der Waals surface area contributed by atoms with Crippen LogP contribution in [-0.4, -0.2) is 12.9 Å². The second kappa shape index (κ2) is 8.53. The minimum atomic E-state index is -1.06. The minimum Gasteiger partial charge on any atom is -0.496 e. The van der Waals surface area contributed by atoms with Gasteiger partial charge in [-0.15, -0.1) is 0 Å². The topological polar surface area (TPSA) is 73.9 Å². The average Bonchev–Trinajstić information content (AvgIpc) is 2.62. The molecule has 0 N–H and O–H groups in total. The van der Waals surface area contributed by atoms with Crippen molar-refractivity contribution in [3.8, 4) is 17.9 Å². The normalized spacial score (nSPS) is 11.4. The first-order valence-electron chi connectivity index (χ1n) is 7.42. The van der Waals surface area contributed by atoms with E-state index in [9.17, 15) is 15.3 Å². The summed E-state index contributed by atoms with van der Waals surface area (Å²) in [6, 6.07) is 15.6. The third-order valence-corrected chi connectivity index (χ3v) is 4.52. The number of ether oxygens (including phenoxy) is 1. The Hall–Kier alpha value is -2.53. The molecule has 0 aliphatic carbocycles. The Morgan fingerprint density at radius 1 is 1.08 bits per heavy atom. The van der Waals surface area contributed by atoms with Crippen molar-refractivity contribution in [3.05, 3.63) is 63.6 Å². The number of benzene rings is 2. The second-order valence-electron chi connectivity index (χ2n) is 5.31. The standard InChI is InChI=1S/C19H14Cl2N2O2/c1-25-18-8-3-2-5-13(18)17(24)9-14(12(10-22)11-23)19-15(20)6-4-7-16(19)21/h2-8,12,14H,9H2,1H3/t14-/m1/s1. The van der Waals surface area contributed by atoms with Gasteiger partial charge in [0.1, 0.15) is 11.7 Å². The quantitative estimate of drug-likeness (QED) is 0.667. The predicted molar refractivity (Wildman–Crippen MR) is 95.9 cm³/mol. The van der Waals surface area contributed by atoms with Gasteiger partial charge in [0.05, 0.1) is 24.8 Å². The van der Waals surface area contributed by atoms with Crippen LogP contribution in [0.2, 0.25) is 10.0 Å². The number of ketones is 1. The summed E-state index contributed by atoms with van der Waals surface area (Å²) in [5, 5.41) is 19.3. The number of nitrogens with zero attached hydrogens (tertiary/aromatic N) is 2. The molecule has 0 aromatic heterocycles. The van der Waals surface area contributed by atoms with E-state index in [0.717, 1.165) is 0 Å². The van der Waals surface area contributed by atoms with Gasteiger partial charge < -0.3 is 4.74 Å². The number of carbonyl (C=O) groups is 1. The molecule has 0 aliphatic heterocycles. The van der Waals surface area contributed by atoms with Crippen LogP contribution >= 0.6 is 23.2 Å². The number of para-hydroxylation sites is 1. The summed E-state index contributed by atoms with van der Waals surface area (Å²) in [5.41, 5.74) is 0.815. The molecule has 0 heterocycles. The van der Waals surface area contributed by atoms with Crippen LogP contribution in [0.5, 0.6) is 5.75 Å². The molecule has 1 atom stereocenters. The lowest BCUT2D eigenvalue weighted by Crippen LogP contribution is -2.16. The zero-order valence-electron chi connectivity index (χ0n) is 13.4. The molecule has 126 valence electrons. The van der Waals surface area contributed by atoms with Crippen molar-refractivity contribution in [3.63, 3.8) is 0 Å². The van der Waals surface area contributed by atoms with Gasteiger partial charge in [-0.05, 0) is 29.8 Å². The van der Waals surface area contributed by atoms with E-state index in [1.165, 1.54) is 7.11 Å². The van der Waals surface area contributed by atoms with Gasteiger partial charge in [-0.2, -0.15) is 10.5 Å². The van der Waals surface area contributed by atoms with Crippen LogP contribution in [0.4, 0.5) is 0 Å². The Morgan fingerprint density at radius 3 is 2.24 bits per heavy atom. The fourth-order valence-electron chi connectivity index (χ4n) is 2.65. The van der Waals surface area contributed by atoms with Crippen molar-refractivity contribution in [1.82, 2.24) is 0 Å². The summed E-state index contributed by atoms with van der Waals surface area (Å²) in [4.78, 5) is 12.8. The first-order chi connectivity index (χ1) is 12.0. The van der Waals surface area contributed by atoms with Gasteiger partial charge in [0.2, 0.25) is 0 Å². The van der Waals surface area contributed by atoms with Crippen molar-refractivity contribution < 1.29 is 9.53 Å². The molecule has 0 saturated heterocycles. The molecule has 6 heteroatoms. The van der Waals surface area contributed by atoms with Crippen LogP contribution in [0.15, 0.2) is 42.5 Å². The summed E-state index contributed by atoms with van der Waals surface area (Å²) in [6.07, 6.45) is -0.0877. The number of halogens is 2. The summed E-state index contributed by atoms with van der Waals surface area (Å²) in [7, 11) is 1.47. The number of methoxy groups -OCH3 is 1. The Kier molecular flexibility index (Phi) is 6.42. The van der Waals surface area contributed by atoms with E-state index in [2.05, 4.69) is 0 Å². The van der Waals surface area contributed by atoms with Crippen molar-refractivity contribution >= 4 is 29.0 Å². The summed E-state index contributed by atoms with van der Waals surface area (Å²) >= 11 is 12.5. The Balaban J connectivity index is 2.47. The maximum atomic E-state index is 12.8. The smallest absolute Gasteiger partial charge is 0.167 e. The molecule has 0 fully saturated rings. The average molecular weight is 373 g/mol. The van der Waals surface area contributed by atoms with Gasteiger partial charge in [-0.1, -0.05) is 41.4 Å². The molecule has 0 bridgehead atoms. The van der Waals surface area contributed by atoms with Crippen molar-refractivity contribution in [1.29, 1.82) is 10.5 Å². The van der Waals surface area contributed by atoms with Crippen LogP contribution in [-0.2, 0) is 0 Å². The highest BCUT2D eigenvalue weighted by atomic mass is 35.5. The zero-order valence-corrected chi connectivity index (χ0v) is 14.9. The fourth-order valence-corrected chi connectivity index (χ4v) is 3.32. The lowest BCUT2D eigenvalue weighted by molar-refractivity contribution is 0.0968. The van der Waals surface area contributed by atoms with E-state index < -0.39 is 11.8 Å². The molecule has 0 unspecified atom stereocenters. The minimum absolute atomic E-state index is 0.0877. The number of hydrogen-bond acceptors (Lipinski definition) is 4. The summed E-state index contributed by atoms with van der Waals surface area (Å²) in [5.74, 6) is -1.62. The highest BCUT2D eigenvalue weighted by Gasteiger charge is 2.30. The van der Waals surface area contributed by atoms with Gasteiger partial charge in [0.15, 0.2) is 5.78 Å². The first kappa shape index (κ1) is 18.8. The maximum absolute atomic E-state index is 12.8. The van der Waals surface area contributed by atoms with Crippen LogP contribution < -0.4 is 4.74 Å². The number of carbonyl (C=O) groups excluding carboxylic acids is 1. The first-order valence-corrected chi connectivity index (χ1v) is 8.18. The molecule has 0 saturated carbocycles. The summed E-state index contributed by atoms with van der Waals surface area (Å²) in [6.45, 7) is 0. The van der Waals surface area contributed by atoms with Gasteiger partial charge in [-0.3, -0.25) is 4.79 Å². The third kappa shape index (κ3) is 4.12. The molecule has 0 spiro atoms. The van der Waals surface area contributed by atoms with E-state index in [0.29, 0.717) is 26.9 Å². The highest BCUT2D eigenvalue weighted by molar-refractivity contribution is 6.36. The van der Waals surface area contributed by atoms with E-state index in [1.54, 1.807) is 42.5 Å². The lowest BCUT2D eigenvalue weighted by atomic mass is 9.82. The third-order valence-electron chi connectivity index (χ3n) is 3.86. The van der Waals surface area contributed by atoms with Crippen LogP contribution in [0, 0.1) is 28.6 Å². The van der Waals surface area contributed by atoms with Gasteiger partial charge in [0, 0.05) is 22.4 Å². The molecule has 0 radical (unpaired) electrons. The van der Waals surface area contributed by atoms with Gasteiger partial charge in [0.25, 0.3) is 0 Å². The van der Waals surface area contributed by atoms with Crippen molar-refractivity contribution in [2.24, 2.45) is 5.92 Å². The van der Waals surface area contributed by atoms with Crippen LogP contribution in [0.1, 0.15) is 28.3 Å². The van der Waals surface area contributed by atoms with Crippen LogP contribution in [0.25, 0.3) is 0 Å². The van der Waals surface area contributed by atoms with Gasteiger partial charge >= 0.3 is 0 Å². The molecule has 2 aromatic carbocycles. The molecular formula is C19H14Cl2N2O2. The van der Waals surface area contributed by atoms with Crippen molar-refractivity contribution in [2.75, 3.05) is 7.11 Å². The monoisotopic (exact) mass is 372 g/mol. The Bertz CT molecular complexity index is 834. The van der Waals surface area contributed by atoms with Crippen LogP contribution in [0.3, 0.4) is 0 Å². The fraction of sp³-hybridized carbons (Fsp3) is 0.211. The van der Waals surface area contributed by atoms with E-state index in [1.807, 2.05) is 12.1 Å². The zero-order chi connectivity index (χ0) is 18.4. The molecule has 0 aliphatic rings. The SMILES string of the molecule is COc1ccccc1C(=O)C[C@@H](c1c(Cl)cccc1Cl)C(C#N)C#N. The highest BCUT2D eigenvalue weighted by Crippen LogP contribution is 2.39. The van der Waals surface area contributed by atoms with Gasteiger partial charge in [-0.25, -0.2) is 0 Å². The van der Waals surface area contributed by atoms with Crippen molar-refractivity contribution in [2.45, 2.75) is 12.3 Å². The molecular weight excluding hydrogens is 359 g/mol. The van der Waals surface area contributed by atoms with E-state index in [-0.39, 0.29) is 12.2 Å². The maximum Gasteiger partial charge on any atom is 0.167 e. The number of Topliss-reactive ketones (excluding diaryl/α,β-unsaturated/α-hetero) is 1. The second-order valence-corrected chi connectivity index (χ2v) is 6.12.